The van der Waals surface area contributed by atoms with E-state index in [0.717, 1.165) is 16.5 Å². The van der Waals surface area contributed by atoms with Crippen molar-refractivity contribution < 1.29 is 14.3 Å². The Labute approximate surface area is 171 Å². The van der Waals surface area contributed by atoms with E-state index in [-0.39, 0.29) is 29.8 Å². The molecule has 2 fully saturated rings. The third-order valence-corrected chi connectivity index (χ3v) is 5.85. The Morgan fingerprint density at radius 3 is 2.38 bits per heavy atom. The van der Waals surface area contributed by atoms with Crippen LogP contribution >= 0.6 is 0 Å². The molecule has 29 heavy (non-hydrogen) atoms. The first-order valence-electron chi connectivity index (χ1n) is 10.2. The summed E-state index contributed by atoms with van der Waals surface area (Å²) in [5, 5.41) is 5.36. The molecule has 0 radical (unpaired) electrons. The van der Waals surface area contributed by atoms with Crippen molar-refractivity contribution in [1.82, 2.24) is 15.2 Å². The number of nitrogens with zero attached hydrogens (tertiary/aromatic N) is 2. The number of piperidine rings is 1. The van der Waals surface area contributed by atoms with Crippen LogP contribution in [0, 0.1) is 17.8 Å². The molecule has 2 atom stereocenters. The molecule has 6 heteroatoms. The Hall–Kier alpha value is -2.63. The van der Waals surface area contributed by atoms with Crippen LogP contribution in [0.2, 0.25) is 0 Å². The lowest BCUT2D eigenvalue weighted by Crippen LogP contribution is -2.44. The molecule has 2 unspecified atom stereocenters. The Morgan fingerprint density at radius 2 is 1.72 bits per heavy atom. The van der Waals surface area contributed by atoms with Crippen molar-refractivity contribution in [2.24, 2.45) is 17.8 Å². The number of hydrogen-bond donors (Lipinski definition) is 1. The van der Waals surface area contributed by atoms with E-state index in [1.807, 2.05) is 58.9 Å². The molecule has 1 N–H and O–H groups in total. The molecule has 0 spiro atoms. The maximum Gasteiger partial charge on any atom is 0.410 e. The van der Waals surface area contributed by atoms with Crippen molar-refractivity contribution in [3.8, 4) is 0 Å². The smallest absolute Gasteiger partial charge is 0.410 e. The van der Waals surface area contributed by atoms with Gasteiger partial charge in [-0.25, -0.2) is 4.79 Å². The second-order valence-corrected chi connectivity index (χ2v) is 9.73. The van der Waals surface area contributed by atoms with Crippen molar-refractivity contribution in [2.45, 2.75) is 45.8 Å². The monoisotopic (exact) mass is 395 g/mol. The van der Waals surface area contributed by atoms with Gasteiger partial charge in [0.2, 0.25) is 5.91 Å². The predicted molar refractivity (Wildman–Crippen MR) is 111 cm³/mol. The number of nitrogens with one attached hydrogen (secondary N) is 1. The minimum Gasteiger partial charge on any atom is -0.444 e. The fraction of sp³-hybridized carbons (Fsp3) is 0.522. The third kappa shape index (κ3) is 3.80. The number of likely N-dealkylation sites (tertiary alicyclic amines) is 1. The number of amides is 2. The van der Waals surface area contributed by atoms with Crippen LogP contribution in [0.4, 0.5) is 4.79 Å². The van der Waals surface area contributed by atoms with Gasteiger partial charge in [-0.2, -0.15) is 0 Å². The minimum atomic E-state index is -0.584. The first-order chi connectivity index (χ1) is 13.6. The van der Waals surface area contributed by atoms with Crippen molar-refractivity contribution in [3.05, 3.63) is 42.2 Å². The zero-order valence-corrected chi connectivity index (χ0v) is 17.7. The molecule has 1 saturated heterocycles. The number of rotatable bonds is 3. The molecule has 1 aromatic carbocycles. The van der Waals surface area contributed by atoms with E-state index < -0.39 is 11.1 Å². The highest BCUT2D eigenvalue weighted by Gasteiger charge is 2.61. The first kappa shape index (κ1) is 19.7. The summed E-state index contributed by atoms with van der Waals surface area (Å²) in [7, 11) is 0. The number of carbonyl (C=O) groups excluding carboxylic acids is 2. The largest absolute Gasteiger partial charge is 0.444 e. The number of fused-ring (bicyclic) bond motifs is 2. The second kappa shape index (κ2) is 6.71. The average Bonchev–Trinajstić information content (AvgIpc) is 3.13. The van der Waals surface area contributed by atoms with Gasteiger partial charge in [-0.05, 0) is 57.9 Å². The summed E-state index contributed by atoms with van der Waals surface area (Å²) in [6, 6.07) is 10.1. The van der Waals surface area contributed by atoms with Crippen LogP contribution in [-0.4, -0.2) is 40.6 Å². The van der Waals surface area contributed by atoms with Crippen LogP contribution in [0.1, 0.15) is 40.3 Å². The van der Waals surface area contributed by atoms with Gasteiger partial charge in [0.05, 0.1) is 11.2 Å². The standard InChI is InChI=1S/C23H29N3O3/c1-22(2,3)29-21(28)26-12-16-17(13-26)18(16)20(27)25-23(4,5)19-15-9-7-6-8-14(15)10-11-24-19/h6-11,16-18H,12-13H2,1-5H3,(H,25,27). The summed E-state index contributed by atoms with van der Waals surface area (Å²) >= 11 is 0. The van der Waals surface area contributed by atoms with Crippen LogP contribution in [0.3, 0.4) is 0 Å². The van der Waals surface area contributed by atoms with Gasteiger partial charge < -0.3 is 15.0 Å². The second-order valence-electron chi connectivity index (χ2n) is 9.73. The Kier molecular flexibility index (Phi) is 4.56. The predicted octanol–water partition coefficient (Wildman–Crippen LogP) is 3.70. The molecule has 2 heterocycles. The SMILES string of the molecule is CC(C)(C)OC(=O)N1CC2C(C1)C2C(=O)NC(C)(C)c1nccc2ccccc12. The fourth-order valence-electron chi connectivity index (χ4n) is 4.46. The van der Waals surface area contributed by atoms with Crippen molar-refractivity contribution >= 4 is 22.8 Å². The highest BCUT2D eigenvalue weighted by molar-refractivity contribution is 5.87. The molecule has 1 aromatic heterocycles. The van der Waals surface area contributed by atoms with E-state index in [9.17, 15) is 9.59 Å². The van der Waals surface area contributed by atoms with Gasteiger partial charge >= 0.3 is 6.09 Å². The zero-order valence-electron chi connectivity index (χ0n) is 17.7. The molecule has 2 aromatic rings. The summed E-state index contributed by atoms with van der Waals surface area (Å²) in [6.45, 7) is 10.7. The molecule has 2 amide bonds. The topological polar surface area (TPSA) is 71.5 Å². The van der Waals surface area contributed by atoms with Crippen LogP contribution in [0.25, 0.3) is 10.8 Å². The van der Waals surface area contributed by atoms with Crippen molar-refractivity contribution in [2.75, 3.05) is 13.1 Å². The van der Waals surface area contributed by atoms with E-state index in [1.54, 1.807) is 11.1 Å². The van der Waals surface area contributed by atoms with E-state index in [1.165, 1.54) is 0 Å². The highest BCUT2D eigenvalue weighted by atomic mass is 16.6. The highest BCUT2D eigenvalue weighted by Crippen LogP contribution is 2.52. The Bertz CT molecular complexity index is 946. The lowest BCUT2D eigenvalue weighted by Gasteiger charge is -2.28. The van der Waals surface area contributed by atoms with Crippen molar-refractivity contribution in [3.63, 3.8) is 0 Å². The van der Waals surface area contributed by atoms with Crippen molar-refractivity contribution in [1.29, 1.82) is 0 Å². The number of pyridine rings is 1. The summed E-state index contributed by atoms with van der Waals surface area (Å²) < 4.78 is 5.44. The maximum absolute atomic E-state index is 13.0. The van der Waals surface area contributed by atoms with Crippen LogP contribution in [0.15, 0.2) is 36.5 Å². The number of benzene rings is 1. The summed E-state index contributed by atoms with van der Waals surface area (Å²) in [5.41, 5.74) is -0.222. The quantitative estimate of drug-likeness (QED) is 0.860. The summed E-state index contributed by atoms with van der Waals surface area (Å²) in [4.78, 5) is 31.5. The van der Waals surface area contributed by atoms with Gasteiger partial charge in [0.1, 0.15) is 5.60 Å². The first-order valence-corrected chi connectivity index (χ1v) is 10.2. The van der Waals surface area contributed by atoms with Gasteiger partial charge in [-0.15, -0.1) is 0 Å². The minimum absolute atomic E-state index is 0.0389. The van der Waals surface area contributed by atoms with Crippen LogP contribution in [0.5, 0.6) is 0 Å². The molecule has 4 rings (SSSR count). The lowest BCUT2D eigenvalue weighted by molar-refractivity contribution is -0.125. The molecule has 1 aliphatic carbocycles. The van der Waals surface area contributed by atoms with Crippen LogP contribution < -0.4 is 5.32 Å². The van der Waals surface area contributed by atoms with E-state index in [2.05, 4.69) is 16.4 Å². The number of carbonyl (C=O) groups is 2. The van der Waals surface area contributed by atoms with Crippen LogP contribution in [-0.2, 0) is 15.1 Å². The Balaban J connectivity index is 1.41. The van der Waals surface area contributed by atoms with E-state index in [4.69, 9.17) is 4.74 Å². The molecule has 2 aliphatic rings. The number of hydrogen-bond acceptors (Lipinski definition) is 4. The van der Waals surface area contributed by atoms with Gasteiger partial charge in [0, 0.05) is 30.6 Å². The van der Waals surface area contributed by atoms with Gasteiger partial charge in [-0.3, -0.25) is 9.78 Å². The number of aromatic nitrogens is 1. The lowest BCUT2D eigenvalue weighted by atomic mass is 9.94. The average molecular weight is 396 g/mol. The molecular formula is C23H29N3O3. The number of ether oxygens (including phenoxy) is 1. The molecular weight excluding hydrogens is 366 g/mol. The molecule has 1 aliphatic heterocycles. The zero-order chi connectivity index (χ0) is 21.0. The van der Waals surface area contributed by atoms with E-state index >= 15 is 0 Å². The molecule has 6 nitrogen and oxygen atoms in total. The summed E-state index contributed by atoms with van der Waals surface area (Å²) in [6.07, 6.45) is 1.50. The molecule has 1 saturated carbocycles. The molecule has 0 bridgehead atoms. The normalized spacial score (nSPS) is 23.6. The van der Waals surface area contributed by atoms with Gasteiger partial charge in [0.15, 0.2) is 0 Å². The van der Waals surface area contributed by atoms with E-state index in [0.29, 0.717) is 13.1 Å². The third-order valence-electron chi connectivity index (χ3n) is 5.85. The summed E-state index contributed by atoms with van der Waals surface area (Å²) in [5.74, 6) is 0.448. The van der Waals surface area contributed by atoms with Gasteiger partial charge in [-0.1, -0.05) is 24.3 Å². The van der Waals surface area contributed by atoms with Gasteiger partial charge in [0.25, 0.3) is 0 Å². The fourth-order valence-corrected chi connectivity index (χ4v) is 4.46. The molecule has 154 valence electrons. The Morgan fingerprint density at radius 1 is 1.07 bits per heavy atom. The maximum atomic E-state index is 13.0.